The summed E-state index contributed by atoms with van der Waals surface area (Å²) in [7, 11) is 0. The van der Waals surface area contributed by atoms with Crippen LogP contribution >= 0.6 is 0 Å². The molecule has 0 saturated heterocycles. The Labute approximate surface area is 80.8 Å². The van der Waals surface area contributed by atoms with Crippen molar-refractivity contribution in [3.63, 3.8) is 0 Å². The van der Waals surface area contributed by atoms with Gasteiger partial charge >= 0.3 is 0 Å². The minimum absolute atomic E-state index is 0.0568. The summed E-state index contributed by atoms with van der Waals surface area (Å²) in [6.45, 7) is 1.32. The fourth-order valence-corrected chi connectivity index (χ4v) is 1.13. The van der Waals surface area contributed by atoms with E-state index in [1.165, 1.54) is 13.0 Å². The third-order valence-electron chi connectivity index (χ3n) is 1.83. The van der Waals surface area contributed by atoms with E-state index >= 15 is 0 Å². The maximum Gasteiger partial charge on any atom is 0.158 e. The van der Waals surface area contributed by atoms with Gasteiger partial charge in [-0.1, -0.05) is 0 Å². The summed E-state index contributed by atoms with van der Waals surface area (Å²) in [5, 5.41) is 0. The topological polar surface area (TPSA) is 43.1 Å². The standard InChI is InChI=1S/C10H11F2NO/c1-6(14)4-7-5-9(12)10(13)3-2-8(7)11/h2-3,5,9H,4,13H2,1H3. The van der Waals surface area contributed by atoms with E-state index in [9.17, 15) is 13.6 Å². The van der Waals surface area contributed by atoms with Crippen LogP contribution in [0, 0.1) is 0 Å². The van der Waals surface area contributed by atoms with Gasteiger partial charge in [-0.05, 0) is 30.7 Å². The Kier molecular flexibility index (Phi) is 3.17. The number of allylic oxidation sites excluding steroid dienone is 5. The van der Waals surface area contributed by atoms with Crippen molar-refractivity contribution >= 4 is 5.78 Å². The van der Waals surface area contributed by atoms with E-state index in [0.29, 0.717) is 0 Å². The molecule has 0 heterocycles. The summed E-state index contributed by atoms with van der Waals surface area (Å²) < 4.78 is 26.3. The smallest absolute Gasteiger partial charge is 0.158 e. The summed E-state index contributed by atoms with van der Waals surface area (Å²) in [5.74, 6) is -0.823. The number of hydrogen-bond acceptors (Lipinski definition) is 2. The van der Waals surface area contributed by atoms with E-state index in [4.69, 9.17) is 5.73 Å². The van der Waals surface area contributed by atoms with Gasteiger partial charge in [0, 0.05) is 12.1 Å². The molecule has 0 fully saturated rings. The van der Waals surface area contributed by atoms with Crippen LogP contribution in [-0.4, -0.2) is 12.0 Å². The second kappa shape index (κ2) is 4.17. The van der Waals surface area contributed by atoms with Crippen molar-refractivity contribution in [3.05, 3.63) is 35.3 Å². The first-order chi connectivity index (χ1) is 6.50. The van der Waals surface area contributed by atoms with Gasteiger partial charge < -0.3 is 5.73 Å². The second-order valence-corrected chi connectivity index (χ2v) is 3.15. The van der Waals surface area contributed by atoms with Crippen molar-refractivity contribution in [3.8, 4) is 0 Å². The highest BCUT2D eigenvalue weighted by Gasteiger charge is 2.15. The highest BCUT2D eigenvalue weighted by molar-refractivity contribution is 5.79. The zero-order chi connectivity index (χ0) is 10.7. The number of rotatable bonds is 2. The second-order valence-electron chi connectivity index (χ2n) is 3.15. The average molecular weight is 199 g/mol. The van der Waals surface area contributed by atoms with Gasteiger partial charge in [-0.2, -0.15) is 0 Å². The van der Waals surface area contributed by atoms with Gasteiger partial charge in [0.05, 0.1) is 0 Å². The Bertz CT molecular complexity index is 342. The minimum atomic E-state index is -1.52. The zero-order valence-electron chi connectivity index (χ0n) is 7.76. The van der Waals surface area contributed by atoms with Crippen LogP contribution in [0.1, 0.15) is 13.3 Å². The van der Waals surface area contributed by atoms with Gasteiger partial charge in [0.1, 0.15) is 11.6 Å². The first-order valence-corrected chi connectivity index (χ1v) is 4.18. The van der Waals surface area contributed by atoms with Gasteiger partial charge in [0.25, 0.3) is 0 Å². The Balaban J connectivity index is 2.95. The predicted molar refractivity (Wildman–Crippen MR) is 49.7 cm³/mol. The quantitative estimate of drug-likeness (QED) is 0.738. The normalized spacial score (nSPS) is 21.9. The summed E-state index contributed by atoms with van der Waals surface area (Å²) in [5.41, 5.74) is 5.28. The first kappa shape index (κ1) is 10.6. The van der Waals surface area contributed by atoms with Crippen molar-refractivity contribution in [2.45, 2.75) is 19.5 Å². The van der Waals surface area contributed by atoms with E-state index < -0.39 is 12.0 Å². The minimum Gasteiger partial charge on any atom is -0.399 e. The highest BCUT2D eigenvalue weighted by Crippen LogP contribution is 2.22. The van der Waals surface area contributed by atoms with Crippen molar-refractivity contribution < 1.29 is 13.6 Å². The molecule has 0 radical (unpaired) electrons. The Morgan fingerprint density at radius 1 is 1.57 bits per heavy atom. The van der Waals surface area contributed by atoms with Gasteiger partial charge in [-0.25, -0.2) is 8.78 Å². The maximum atomic E-state index is 13.2. The van der Waals surface area contributed by atoms with Gasteiger partial charge in [-0.3, -0.25) is 4.79 Å². The molecule has 76 valence electrons. The number of hydrogen-bond donors (Lipinski definition) is 1. The van der Waals surface area contributed by atoms with Crippen LogP contribution in [0.25, 0.3) is 0 Å². The molecule has 0 amide bonds. The third-order valence-corrected chi connectivity index (χ3v) is 1.83. The molecule has 0 aliphatic heterocycles. The Hall–Kier alpha value is -1.45. The third kappa shape index (κ3) is 2.52. The molecule has 1 atom stereocenters. The Morgan fingerprint density at radius 3 is 2.79 bits per heavy atom. The number of carbonyl (C=O) groups excluding carboxylic acids is 1. The number of alkyl halides is 1. The van der Waals surface area contributed by atoms with Crippen molar-refractivity contribution in [1.29, 1.82) is 0 Å². The lowest BCUT2D eigenvalue weighted by molar-refractivity contribution is -0.116. The van der Waals surface area contributed by atoms with E-state index in [0.717, 1.165) is 12.2 Å². The lowest BCUT2D eigenvalue weighted by Crippen LogP contribution is -2.10. The molecule has 1 unspecified atom stereocenters. The molecular weight excluding hydrogens is 188 g/mol. The predicted octanol–water partition coefficient (Wildman–Crippen LogP) is 1.94. The largest absolute Gasteiger partial charge is 0.399 e. The number of ketones is 1. The van der Waals surface area contributed by atoms with E-state index in [1.54, 1.807) is 0 Å². The molecule has 2 nitrogen and oxygen atoms in total. The van der Waals surface area contributed by atoms with Crippen LogP contribution in [0.5, 0.6) is 0 Å². The first-order valence-electron chi connectivity index (χ1n) is 4.18. The molecule has 14 heavy (non-hydrogen) atoms. The molecule has 0 saturated carbocycles. The average Bonchev–Trinajstić information content (AvgIpc) is 2.19. The van der Waals surface area contributed by atoms with Crippen LogP contribution < -0.4 is 5.73 Å². The summed E-state index contributed by atoms with van der Waals surface area (Å²) >= 11 is 0. The summed E-state index contributed by atoms with van der Waals surface area (Å²) in [6, 6.07) is 0. The molecule has 2 N–H and O–H groups in total. The Morgan fingerprint density at radius 2 is 2.21 bits per heavy atom. The number of carbonyl (C=O) groups is 1. The lowest BCUT2D eigenvalue weighted by Gasteiger charge is -2.03. The van der Waals surface area contributed by atoms with Crippen LogP contribution in [0.4, 0.5) is 8.78 Å². The van der Waals surface area contributed by atoms with E-state index in [2.05, 4.69) is 0 Å². The van der Waals surface area contributed by atoms with Crippen molar-refractivity contribution in [2.75, 3.05) is 0 Å². The van der Waals surface area contributed by atoms with Crippen LogP contribution in [0.2, 0.25) is 0 Å². The number of Topliss-reactive ketones (excluding diaryl/α,β-unsaturated/α-hetero) is 1. The monoisotopic (exact) mass is 199 g/mol. The van der Waals surface area contributed by atoms with Gasteiger partial charge in [-0.15, -0.1) is 0 Å². The fourth-order valence-electron chi connectivity index (χ4n) is 1.13. The zero-order valence-corrected chi connectivity index (χ0v) is 7.76. The van der Waals surface area contributed by atoms with Gasteiger partial charge in [0.2, 0.25) is 0 Å². The number of nitrogens with two attached hydrogens (primary N) is 1. The lowest BCUT2D eigenvalue weighted by atomic mass is 10.1. The van der Waals surface area contributed by atoms with Crippen molar-refractivity contribution in [2.24, 2.45) is 5.73 Å². The van der Waals surface area contributed by atoms with Crippen molar-refractivity contribution in [1.82, 2.24) is 0 Å². The molecule has 0 bridgehead atoms. The molecule has 0 aromatic carbocycles. The van der Waals surface area contributed by atoms with Crippen LogP contribution in [0.15, 0.2) is 35.3 Å². The molecular formula is C10H11F2NO. The molecule has 1 aliphatic carbocycles. The molecule has 0 aromatic heterocycles. The highest BCUT2D eigenvalue weighted by atomic mass is 19.1. The molecule has 1 aliphatic rings. The fraction of sp³-hybridized carbons (Fsp3) is 0.300. The summed E-state index contributed by atoms with van der Waals surface area (Å²) in [4.78, 5) is 10.8. The molecule has 0 aromatic rings. The van der Waals surface area contributed by atoms with E-state index in [1.807, 2.05) is 0 Å². The van der Waals surface area contributed by atoms with Crippen LogP contribution in [-0.2, 0) is 4.79 Å². The maximum absolute atomic E-state index is 13.2. The SMILES string of the molecule is CC(=O)CC1=CC(F)C(N)=CC=C1F. The molecule has 0 spiro atoms. The van der Waals surface area contributed by atoms with Crippen LogP contribution in [0.3, 0.4) is 0 Å². The molecule has 4 heteroatoms. The van der Waals surface area contributed by atoms with Gasteiger partial charge in [0.15, 0.2) is 6.17 Å². The molecule has 1 rings (SSSR count). The number of halogens is 2. The summed E-state index contributed by atoms with van der Waals surface area (Å²) in [6.07, 6.45) is 1.65. The van der Waals surface area contributed by atoms with E-state index in [-0.39, 0.29) is 23.5 Å².